The van der Waals surface area contributed by atoms with Gasteiger partial charge in [-0.25, -0.2) is 8.42 Å². The molecule has 0 bridgehead atoms. The minimum atomic E-state index is -3.49. The van der Waals surface area contributed by atoms with E-state index in [2.05, 4.69) is 10.0 Å². The molecule has 0 spiro atoms. The number of fused-ring (bicyclic) bond motifs is 1. The Bertz CT molecular complexity index is 1580. The second-order valence-electron chi connectivity index (χ2n) is 8.63. The molecule has 1 aliphatic carbocycles. The third kappa shape index (κ3) is 5.15. The maximum atomic E-state index is 13.1. The lowest BCUT2D eigenvalue weighted by molar-refractivity contribution is 0.103. The number of carbonyl (C=O) groups excluding carboxylic acids is 1. The fourth-order valence-corrected chi connectivity index (χ4v) is 6.46. The van der Waals surface area contributed by atoms with Crippen LogP contribution in [0, 0.1) is 0 Å². The van der Waals surface area contributed by atoms with Gasteiger partial charge in [0.25, 0.3) is 5.91 Å². The van der Waals surface area contributed by atoms with Gasteiger partial charge >= 0.3 is 0 Å². The Kier molecular flexibility index (Phi) is 6.26. The summed E-state index contributed by atoms with van der Waals surface area (Å²) in [6.07, 6.45) is 3.03. The predicted molar refractivity (Wildman–Crippen MR) is 146 cm³/mol. The lowest BCUT2D eigenvalue weighted by Crippen LogP contribution is -2.13. The molecular weight excluding hydrogens is 547 g/mol. The molecule has 5 rings (SSSR count). The lowest BCUT2D eigenvalue weighted by Gasteiger charge is -2.18. The first-order valence-corrected chi connectivity index (χ1v) is 14.5. The topological polar surface area (TPSA) is 75.3 Å². The van der Waals surface area contributed by atoms with E-state index in [4.69, 9.17) is 34.8 Å². The van der Waals surface area contributed by atoms with Crippen molar-refractivity contribution in [3.05, 3.63) is 91.7 Å². The Hall–Kier alpha value is -2.29. The van der Waals surface area contributed by atoms with Crippen molar-refractivity contribution in [2.24, 2.45) is 0 Å². The van der Waals surface area contributed by atoms with Gasteiger partial charge in [0.15, 0.2) is 0 Å². The number of benzene rings is 3. The molecule has 1 amide bonds. The van der Waals surface area contributed by atoms with E-state index in [1.165, 1.54) is 16.9 Å². The predicted octanol–water partition coefficient (Wildman–Crippen LogP) is 7.57. The molecule has 5 nitrogen and oxygen atoms in total. The summed E-state index contributed by atoms with van der Waals surface area (Å²) in [7, 11) is -3.49. The number of nitrogens with one attached hydrogen (secondary N) is 2. The van der Waals surface area contributed by atoms with Crippen molar-refractivity contribution in [2.75, 3.05) is 16.3 Å². The molecule has 0 aliphatic heterocycles. The third-order valence-electron chi connectivity index (χ3n) is 5.98. The van der Waals surface area contributed by atoms with E-state index in [9.17, 15) is 13.2 Å². The number of thiophene rings is 1. The molecule has 1 saturated carbocycles. The molecule has 0 radical (unpaired) electrons. The highest BCUT2D eigenvalue weighted by molar-refractivity contribution is 7.92. The summed E-state index contributed by atoms with van der Waals surface area (Å²) in [4.78, 5) is 13.5. The largest absolute Gasteiger partial charge is 0.321 e. The molecule has 1 fully saturated rings. The number of carbonyl (C=O) groups is 1. The quantitative estimate of drug-likeness (QED) is 0.253. The van der Waals surface area contributed by atoms with Crippen molar-refractivity contribution >= 4 is 83.5 Å². The molecule has 2 N–H and O–H groups in total. The smallest absolute Gasteiger partial charge is 0.265 e. The summed E-state index contributed by atoms with van der Waals surface area (Å²) in [5.41, 5.74) is 2.95. The van der Waals surface area contributed by atoms with Gasteiger partial charge in [0.05, 0.1) is 21.8 Å². The number of sulfonamides is 1. The van der Waals surface area contributed by atoms with Gasteiger partial charge in [-0.1, -0.05) is 46.9 Å². The monoisotopic (exact) mass is 564 g/mol. The van der Waals surface area contributed by atoms with Gasteiger partial charge in [0.1, 0.15) is 0 Å². The van der Waals surface area contributed by atoms with Gasteiger partial charge in [-0.05, 0) is 77.9 Å². The molecule has 10 heteroatoms. The van der Waals surface area contributed by atoms with Crippen LogP contribution in [0.1, 0.15) is 33.6 Å². The van der Waals surface area contributed by atoms with Crippen LogP contribution in [0.3, 0.4) is 0 Å². The second-order valence-corrected chi connectivity index (χ2v) is 12.7. The highest BCUT2D eigenvalue weighted by Gasteiger charge is 2.46. The first-order chi connectivity index (χ1) is 16.5. The van der Waals surface area contributed by atoms with Crippen LogP contribution in [0.15, 0.2) is 60.7 Å². The Morgan fingerprint density at radius 3 is 2.29 bits per heavy atom. The van der Waals surface area contributed by atoms with Gasteiger partial charge < -0.3 is 5.32 Å². The zero-order valence-electron chi connectivity index (χ0n) is 18.4. The van der Waals surface area contributed by atoms with Crippen LogP contribution in [0.25, 0.3) is 10.1 Å². The Balaban J connectivity index is 1.42. The van der Waals surface area contributed by atoms with Crippen molar-refractivity contribution < 1.29 is 13.2 Å². The molecule has 1 aliphatic rings. The standard InChI is InChI=1S/C25H19Cl3N2O3S2/c1-35(32,33)30-21-8-14-9-23(34-22(14)13-20(21)28)24(31)29-19-11-16(10-18(27)12-19)25(6-7-25)15-2-4-17(26)5-3-15/h2-5,8-13,30H,6-7H2,1H3,(H,29,31). The van der Waals surface area contributed by atoms with Crippen LogP contribution >= 0.6 is 46.1 Å². The zero-order chi connectivity index (χ0) is 25.0. The number of amides is 1. The van der Waals surface area contributed by atoms with Crippen molar-refractivity contribution in [3.8, 4) is 0 Å². The SMILES string of the molecule is CS(=O)(=O)Nc1cc2cc(C(=O)Nc3cc(Cl)cc(C4(c5ccc(Cl)cc5)CC4)c3)sc2cc1Cl. The maximum absolute atomic E-state index is 13.1. The van der Waals surface area contributed by atoms with Gasteiger partial charge in [0, 0.05) is 25.8 Å². The van der Waals surface area contributed by atoms with Crippen LogP contribution in [0.2, 0.25) is 15.1 Å². The van der Waals surface area contributed by atoms with E-state index < -0.39 is 10.0 Å². The number of hydrogen-bond acceptors (Lipinski definition) is 4. The number of hydrogen-bond donors (Lipinski definition) is 2. The van der Waals surface area contributed by atoms with Gasteiger partial charge in [-0.2, -0.15) is 0 Å². The highest BCUT2D eigenvalue weighted by atomic mass is 35.5. The summed E-state index contributed by atoms with van der Waals surface area (Å²) < 4.78 is 26.3. The summed E-state index contributed by atoms with van der Waals surface area (Å²) >= 11 is 20.0. The number of anilines is 2. The summed E-state index contributed by atoms with van der Waals surface area (Å²) in [6.45, 7) is 0. The molecule has 35 heavy (non-hydrogen) atoms. The van der Waals surface area contributed by atoms with E-state index >= 15 is 0 Å². The van der Waals surface area contributed by atoms with Crippen molar-refractivity contribution in [2.45, 2.75) is 18.3 Å². The molecule has 4 aromatic rings. The maximum Gasteiger partial charge on any atom is 0.265 e. The molecule has 1 heterocycles. The molecule has 0 saturated heterocycles. The van der Waals surface area contributed by atoms with Crippen LogP contribution in [-0.4, -0.2) is 20.6 Å². The van der Waals surface area contributed by atoms with Crippen LogP contribution in [-0.2, 0) is 15.4 Å². The van der Waals surface area contributed by atoms with E-state index in [0.29, 0.717) is 26.0 Å². The molecule has 3 aromatic carbocycles. The molecular formula is C25H19Cl3N2O3S2. The van der Waals surface area contributed by atoms with Gasteiger partial charge in [0.2, 0.25) is 10.0 Å². The fourth-order valence-electron chi connectivity index (χ4n) is 4.22. The van der Waals surface area contributed by atoms with Crippen molar-refractivity contribution in [1.29, 1.82) is 0 Å². The number of rotatable bonds is 6. The summed E-state index contributed by atoms with van der Waals surface area (Å²) in [6, 6.07) is 18.4. The average Bonchev–Trinajstić information content (AvgIpc) is 3.48. The fraction of sp³-hybridized carbons (Fsp3) is 0.160. The summed E-state index contributed by atoms with van der Waals surface area (Å²) in [5.74, 6) is -0.287. The zero-order valence-corrected chi connectivity index (χ0v) is 22.3. The van der Waals surface area contributed by atoms with E-state index in [1.54, 1.807) is 24.3 Å². The van der Waals surface area contributed by atoms with Crippen LogP contribution in [0.5, 0.6) is 0 Å². The molecule has 0 atom stereocenters. The van der Waals surface area contributed by atoms with E-state index in [0.717, 1.165) is 29.4 Å². The van der Waals surface area contributed by atoms with Crippen LogP contribution < -0.4 is 10.0 Å². The van der Waals surface area contributed by atoms with Crippen molar-refractivity contribution in [3.63, 3.8) is 0 Å². The Morgan fingerprint density at radius 1 is 0.914 bits per heavy atom. The Morgan fingerprint density at radius 2 is 1.63 bits per heavy atom. The second kappa shape index (κ2) is 8.98. The first kappa shape index (κ1) is 24.4. The third-order valence-corrected chi connectivity index (χ3v) is 8.45. The van der Waals surface area contributed by atoms with E-state index in [1.807, 2.05) is 36.4 Å². The van der Waals surface area contributed by atoms with E-state index in [-0.39, 0.29) is 22.0 Å². The van der Waals surface area contributed by atoms with Gasteiger partial charge in [-0.15, -0.1) is 11.3 Å². The molecule has 180 valence electrons. The van der Waals surface area contributed by atoms with Crippen LogP contribution in [0.4, 0.5) is 11.4 Å². The molecule has 1 aromatic heterocycles. The average molecular weight is 566 g/mol. The minimum Gasteiger partial charge on any atom is -0.321 e. The minimum absolute atomic E-state index is 0.133. The van der Waals surface area contributed by atoms with Crippen molar-refractivity contribution in [1.82, 2.24) is 0 Å². The lowest BCUT2D eigenvalue weighted by atomic mass is 9.88. The van der Waals surface area contributed by atoms with Gasteiger partial charge in [-0.3, -0.25) is 9.52 Å². The number of halogens is 3. The molecule has 0 unspecified atom stereocenters. The highest BCUT2D eigenvalue weighted by Crippen LogP contribution is 2.54. The first-order valence-electron chi connectivity index (χ1n) is 10.6. The Labute approximate surface area is 222 Å². The summed E-state index contributed by atoms with van der Waals surface area (Å²) in [5, 5.41) is 5.14. The normalized spacial score (nSPS) is 14.6.